The fourth-order valence-electron chi connectivity index (χ4n) is 1.31. The SMILES string of the molecule is COCCNS(=O)(=O)c1cc(N)c(Cl)cc1C. The highest BCUT2D eigenvalue weighted by Crippen LogP contribution is 2.25. The first-order valence-electron chi connectivity index (χ1n) is 4.92. The quantitative estimate of drug-likeness (QED) is 0.625. The fourth-order valence-corrected chi connectivity index (χ4v) is 2.80. The Morgan fingerprint density at radius 1 is 1.47 bits per heavy atom. The summed E-state index contributed by atoms with van der Waals surface area (Å²) < 4.78 is 31.0. The topological polar surface area (TPSA) is 81.4 Å². The third-order valence-electron chi connectivity index (χ3n) is 2.18. The minimum Gasteiger partial charge on any atom is -0.397 e. The highest BCUT2D eigenvalue weighted by atomic mass is 35.5. The van der Waals surface area contributed by atoms with E-state index in [-0.39, 0.29) is 17.1 Å². The Balaban J connectivity index is 3.03. The molecule has 0 aliphatic heterocycles. The molecule has 0 saturated carbocycles. The number of anilines is 1. The molecule has 0 amide bonds. The zero-order valence-electron chi connectivity index (χ0n) is 9.66. The van der Waals surface area contributed by atoms with Crippen molar-refractivity contribution in [3.8, 4) is 0 Å². The molecule has 5 nitrogen and oxygen atoms in total. The Morgan fingerprint density at radius 2 is 2.12 bits per heavy atom. The van der Waals surface area contributed by atoms with E-state index in [4.69, 9.17) is 22.1 Å². The fraction of sp³-hybridized carbons (Fsp3) is 0.400. The van der Waals surface area contributed by atoms with Gasteiger partial charge < -0.3 is 10.5 Å². The Kier molecular flexibility index (Phi) is 4.76. The van der Waals surface area contributed by atoms with Crippen molar-refractivity contribution in [1.82, 2.24) is 4.72 Å². The molecule has 96 valence electrons. The number of nitrogens with one attached hydrogen (secondary N) is 1. The van der Waals surface area contributed by atoms with E-state index < -0.39 is 10.0 Å². The monoisotopic (exact) mass is 278 g/mol. The van der Waals surface area contributed by atoms with Gasteiger partial charge >= 0.3 is 0 Å². The second-order valence-corrected chi connectivity index (χ2v) is 5.67. The van der Waals surface area contributed by atoms with Crippen LogP contribution in [0.15, 0.2) is 17.0 Å². The van der Waals surface area contributed by atoms with E-state index in [1.807, 2.05) is 0 Å². The van der Waals surface area contributed by atoms with Gasteiger partial charge in [0.05, 0.1) is 22.2 Å². The van der Waals surface area contributed by atoms with Crippen LogP contribution in [0.3, 0.4) is 0 Å². The molecule has 17 heavy (non-hydrogen) atoms. The first-order valence-corrected chi connectivity index (χ1v) is 6.79. The maximum absolute atomic E-state index is 11.9. The van der Waals surface area contributed by atoms with Gasteiger partial charge in [0.15, 0.2) is 0 Å². The molecule has 0 atom stereocenters. The molecule has 0 unspecified atom stereocenters. The summed E-state index contributed by atoms with van der Waals surface area (Å²) in [6.45, 7) is 2.18. The van der Waals surface area contributed by atoms with Crippen molar-refractivity contribution in [2.75, 3.05) is 26.0 Å². The third kappa shape index (κ3) is 3.57. The van der Waals surface area contributed by atoms with Gasteiger partial charge in [-0.1, -0.05) is 11.6 Å². The lowest BCUT2D eigenvalue weighted by molar-refractivity contribution is 0.204. The summed E-state index contributed by atoms with van der Waals surface area (Å²) >= 11 is 5.80. The van der Waals surface area contributed by atoms with Crippen LogP contribution < -0.4 is 10.5 Å². The van der Waals surface area contributed by atoms with Crippen LogP contribution in [0, 0.1) is 6.92 Å². The molecule has 1 rings (SSSR count). The van der Waals surface area contributed by atoms with E-state index in [2.05, 4.69) is 4.72 Å². The number of halogens is 1. The number of sulfonamides is 1. The molecule has 0 fully saturated rings. The Labute approximate surface area is 106 Å². The average Bonchev–Trinajstić information content (AvgIpc) is 2.23. The van der Waals surface area contributed by atoms with Crippen LogP contribution in [-0.2, 0) is 14.8 Å². The van der Waals surface area contributed by atoms with Crippen LogP contribution in [0.1, 0.15) is 5.56 Å². The number of hydrogen-bond acceptors (Lipinski definition) is 4. The lowest BCUT2D eigenvalue weighted by Gasteiger charge is -2.10. The second kappa shape index (κ2) is 5.68. The molecule has 0 aliphatic rings. The number of aryl methyl sites for hydroxylation is 1. The van der Waals surface area contributed by atoms with Crippen molar-refractivity contribution in [3.63, 3.8) is 0 Å². The summed E-state index contributed by atoms with van der Waals surface area (Å²) in [5, 5.41) is 0.346. The van der Waals surface area contributed by atoms with Gasteiger partial charge in [-0.05, 0) is 24.6 Å². The van der Waals surface area contributed by atoms with Gasteiger partial charge in [-0.3, -0.25) is 0 Å². The normalized spacial score (nSPS) is 11.7. The minimum atomic E-state index is -3.57. The molecular formula is C10H15ClN2O3S. The summed E-state index contributed by atoms with van der Waals surface area (Å²) in [4.78, 5) is 0.135. The van der Waals surface area contributed by atoms with E-state index in [9.17, 15) is 8.42 Å². The van der Waals surface area contributed by atoms with E-state index in [0.29, 0.717) is 17.2 Å². The van der Waals surface area contributed by atoms with Crippen LogP contribution >= 0.6 is 11.6 Å². The van der Waals surface area contributed by atoms with Gasteiger partial charge in [-0.15, -0.1) is 0 Å². The third-order valence-corrected chi connectivity index (χ3v) is 4.11. The maximum atomic E-state index is 11.9. The number of nitrogen functional groups attached to an aromatic ring is 1. The summed E-state index contributed by atoms with van der Waals surface area (Å²) in [5.41, 5.74) is 6.38. The van der Waals surface area contributed by atoms with Gasteiger partial charge in [0.2, 0.25) is 10.0 Å². The molecule has 0 aromatic heterocycles. The smallest absolute Gasteiger partial charge is 0.240 e. The standard InChI is InChI=1S/C10H15ClN2O3S/c1-7-5-8(11)9(12)6-10(7)17(14,15)13-3-4-16-2/h5-6,13H,3-4,12H2,1-2H3. The maximum Gasteiger partial charge on any atom is 0.240 e. The molecule has 0 radical (unpaired) electrons. The van der Waals surface area contributed by atoms with Gasteiger partial charge in [-0.25, -0.2) is 13.1 Å². The van der Waals surface area contributed by atoms with Gasteiger partial charge in [0.25, 0.3) is 0 Å². The van der Waals surface area contributed by atoms with E-state index in [1.54, 1.807) is 6.92 Å². The summed E-state index contributed by atoms with van der Waals surface area (Å²) in [6, 6.07) is 2.88. The molecule has 3 N–H and O–H groups in total. The summed E-state index contributed by atoms with van der Waals surface area (Å²) in [7, 11) is -2.07. The van der Waals surface area contributed by atoms with E-state index in [0.717, 1.165) is 0 Å². The van der Waals surface area contributed by atoms with Gasteiger partial charge in [-0.2, -0.15) is 0 Å². The predicted octanol–water partition coefficient (Wildman–Crippen LogP) is 1.16. The average molecular weight is 279 g/mol. The van der Waals surface area contributed by atoms with Crippen molar-refractivity contribution in [2.45, 2.75) is 11.8 Å². The zero-order chi connectivity index (χ0) is 13.1. The van der Waals surface area contributed by atoms with Crippen molar-refractivity contribution >= 4 is 27.3 Å². The molecule has 0 spiro atoms. The molecule has 7 heteroatoms. The second-order valence-electron chi connectivity index (χ2n) is 3.53. The minimum absolute atomic E-state index is 0.135. The number of rotatable bonds is 5. The number of benzene rings is 1. The molecule has 1 aromatic carbocycles. The first kappa shape index (κ1) is 14.2. The van der Waals surface area contributed by atoms with E-state index >= 15 is 0 Å². The van der Waals surface area contributed by atoms with Crippen molar-refractivity contribution in [2.24, 2.45) is 0 Å². The first-order chi connectivity index (χ1) is 7.88. The van der Waals surface area contributed by atoms with Crippen molar-refractivity contribution < 1.29 is 13.2 Å². The molecule has 1 aromatic rings. The van der Waals surface area contributed by atoms with Crippen LogP contribution in [0.5, 0.6) is 0 Å². The number of ether oxygens (including phenoxy) is 1. The zero-order valence-corrected chi connectivity index (χ0v) is 11.2. The van der Waals surface area contributed by atoms with Crippen molar-refractivity contribution in [1.29, 1.82) is 0 Å². The van der Waals surface area contributed by atoms with E-state index in [1.165, 1.54) is 19.2 Å². The lowest BCUT2D eigenvalue weighted by Crippen LogP contribution is -2.27. The summed E-state index contributed by atoms with van der Waals surface area (Å²) in [6.07, 6.45) is 0. The largest absolute Gasteiger partial charge is 0.397 e. The highest BCUT2D eigenvalue weighted by Gasteiger charge is 2.17. The van der Waals surface area contributed by atoms with Crippen molar-refractivity contribution in [3.05, 3.63) is 22.7 Å². The number of hydrogen-bond donors (Lipinski definition) is 2. The Bertz CT molecular complexity index is 503. The van der Waals surface area contributed by atoms with Gasteiger partial charge in [0.1, 0.15) is 0 Å². The number of nitrogens with two attached hydrogens (primary N) is 1. The summed E-state index contributed by atoms with van der Waals surface area (Å²) in [5.74, 6) is 0. The predicted molar refractivity (Wildman–Crippen MR) is 67.7 cm³/mol. The molecule has 0 heterocycles. The molecule has 0 saturated heterocycles. The Hall–Kier alpha value is -0.820. The van der Waals surface area contributed by atoms with Crippen LogP contribution in [0.2, 0.25) is 5.02 Å². The van der Waals surface area contributed by atoms with Crippen LogP contribution in [0.4, 0.5) is 5.69 Å². The lowest BCUT2D eigenvalue weighted by atomic mass is 10.2. The molecule has 0 aliphatic carbocycles. The van der Waals surface area contributed by atoms with Crippen LogP contribution in [0.25, 0.3) is 0 Å². The molecular weight excluding hydrogens is 264 g/mol. The molecule has 0 bridgehead atoms. The van der Waals surface area contributed by atoms with Crippen LogP contribution in [-0.4, -0.2) is 28.7 Å². The Morgan fingerprint density at radius 3 is 2.71 bits per heavy atom. The number of methoxy groups -OCH3 is 1. The van der Waals surface area contributed by atoms with Gasteiger partial charge in [0, 0.05) is 13.7 Å². The highest BCUT2D eigenvalue weighted by molar-refractivity contribution is 7.89.